The van der Waals surface area contributed by atoms with Crippen LogP contribution in [0.15, 0.2) is 54.6 Å². The molecule has 1 saturated heterocycles. The van der Waals surface area contributed by atoms with E-state index in [1.807, 2.05) is 36.4 Å². The lowest BCUT2D eigenvalue weighted by atomic mass is 10.1. The van der Waals surface area contributed by atoms with E-state index in [0.717, 1.165) is 5.69 Å². The van der Waals surface area contributed by atoms with E-state index in [1.165, 1.54) is 0 Å². The molecule has 114 valence electrons. The lowest BCUT2D eigenvalue weighted by molar-refractivity contribution is -0.124. The number of nitrogens with one attached hydrogen (secondary N) is 2. The molecule has 2 aromatic rings. The molecule has 1 atom stereocenters. The molecule has 6 nitrogen and oxygen atoms in total. The van der Waals surface area contributed by atoms with Crippen LogP contribution in [0.2, 0.25) is 0 Å². The van der Waals surface area contributed by atoms with Crippen molar-refractivity contribution in [3.63, 3.8) is 0 Å². The first-order chi connectivity index (χ1) is 11.2. The lowest BCUT2D eigenvalue weighted by Crippen LogP contribution is -2.64. The first-order valence-electron chi connectivity index (χ1n) is 7.11. The van der Waals surface area contributed by atoms with Crippen LogP contribution in [0.1, 0.15) is 5.56 Å². The Balaban J connectivity index is 1.53. The fourth-order valence-electron chi connectivity index (χ4n) is 2.33. The summed E-state index contributed by atoms with van der Waals surface area (Å²) in [4.78, 5) is 25.6. The third-order valence-corrected chi connectivity index (χ3v) is 3.57. The molecule has 0 aliphatic carbocycles. The first kappa shape index (κ1) is 14.6. The Bertz CT molecular complexity index is 765. The van der Waals surface area contributed by atoms with Gasteiger partial charge >= 0.3 is 6.03 Å². The molecular formula is C17H14N4O2. The van der Waals surface area contributed by atoms with Gasteiger partial charge in [0.1, 0.15) is 6.04 Å². The maximum Gasteiger partial charge on any atom is 0.319 e. The Morgan fingerprint density at radius 1 is 1.13 bits per heavy atom. The number of carbonyl (C=O) groups is 2. The predicted molar refractivity (Wildman–Crippen MR) is 85.9 cm³/mol. The largest absolute Gasteiger partial charge is 0.324 e. The Hall–Kier alpha value is -3.33. The summed E-state index contributed by atoms with van der Waals surface area (Å²) in [7, 11) is 0. The van der Waals surface area contributed by atoms with Crippen molar-refractivity contribution in [3.05, 3.63) is 60.2 Å². The second-order valence-electron chi connectivity index (χ2n) is 5.12. The minimum absolute atomic E-state index is 0.133. The number of urea groups is 1. The SMILES string of the molecule is N#Cc1ccc(NC(=O)N[C@H]2CN(c3ccccc3)C2=O)cc1. The van der Waals surface area contributed by atoms with Crippen LogP contribution in [0, 0.1) is 11.3 Å². The van der Waals surface area contributed by atoms with Crippen molar-refractivity contribution in [1.29, 1.82) is 5.26 Å². The molecule has 0 bridgehead atoms. The van der Waals surface area contributed by atoms with Crippen LogP contribution in [0.4, 0.5) is 16.2 Å². The standard InChI is InChI=1S/C17H14N4O2/c18-10-12-6-8-13(9-7-12)19-17(23)20-15-11-21(16(15)22)14-4-2-1-3-5-14/h1-9,15H,11H2,(H2,19,20,23)/t15-/m0/s1. The van der Waals surface area contributed by atoms with Crippen LogP contribution in [0.3, 0.4) is 0 Å². The van der Waals surface area contributed by atoms with Crippen LogP contribution in [-0.2, 0) is 4.79 Å². The van der Waals surface area contributed by atoms with Crippen molar-refractivity contribution < 1.29 is 9.59 Å². The number of anilines is 2. The summed E-state index contributed by atoms with van der Waals surface area (Å²) in [6, 6.07) is 16.9. The quantitative estimate of drug-likeness (QED) is 0.852. The average molecular weight is 306 g/mol. The van der Waals surface area contributed by atoms with Gasteiger partial charge in [-0.3, -0.25) is 4.79 Å². The van der Waals surface area contributed by atoms with Gasteiger partial charge in [-0.15, -0.1) is 0 Å². The molecule has 6 heteroatoms. The number of hydrogen-bond acceptors (Lipinski definition) is 3. The fraction of sp³-hybridized carbons (Fsp3) is 0.118. The highest BCUT2D eigenvalue weighted by Gasteiger charge is 2.38. The monoisotopic (exact) mass is 306 g/mol. The Kier molecular flexibility index (Phi) is 3.93. The number of hydrogen-bond donors (Lipinski definition) is 2. The summed E-state index contributed by atoms with van der Waals surface area (Å²) in [5.74, 6) is -0.133. The molecule has 0 aromatic heterocycles. The lowest BCUT2D eigenvalue weighted by Gasteiger charge is -2.38. The number of benzene rings is 2. The summed E-state index contributed by atoms with van der Waals surface area (Å²) in [6.07, 6.45) is 0. The minimum Gasteiger partial charge on any atom is -0.324 e. The molecule has 0 spiro atoms. The highest BCUT2D eigenvalue weighted by Crippen LogP contribution is 2.21. The zero-order valence-corrected chi connectivity index (χ0v) is 12.2. The third kappa shape index (κ3) is 3.14. The molecule has 1 aliphatic heterocycles. The maximum absolute atomic E-state index is 12.1. The van der Waals surface area contributed by atoms with Gasteiger partial charge in [0.15, 0.2) is 0 Å². The summed E-state index contributed by atoms with van der Waals surface area (Å²) in [6.45, 7) is 0.448. The molecule has 3 amide bonds. The number of rotatable bonds is 3. The summed E-state index contributed by atoms with van der Waals surface area (Å²) in [5, 5.41) is 14.0. The smallest absolute Gasteiger partial charge is 0.319 e. The topological polar surface area (TPSA) is 85.2 Å². The first-order valence-corrected chi connectivity index (χ1v) is 7.11. The Morgan fingerprint density at radius 2 is 1.83 bits per heavy atom. The summed E-state index contributed by atoms with van der Waals surface area (Å²) >= 11 is 0. The molecule has 2 N–H and O–H groups in total. The molecule has 2 aromatic carbocycles. The van der Waals surface area contributed by atoms with Crippen molar-refractivity contribution in [2.75, 3.05) is 16.8 Å². The number of carbonyl (C=O) groups excluding carboxylic acids is 2. The average Bonchev–Trinajstić information content (AvgIpc) is 2.59. The zero-order chi connectivity index (χ0) is 16.2. The molecule has 0 unspecified atom stereocenters. The van der Waals surface area contributed by atoms with E-state index in [0.29, 0.717) is 17.8 Å². The minimum atomic E-state index is -0.520. The predicted octanol–water partition coefficient (Wildman–Crippen LogP) is 2.10. The van der Waals surface area contributed by atoms with Gasteiger partial charge in [0.2, 0.25) is 0 Å². The van der Waals surface area contributed by atoms with E-state index in [9.17, 15) is 9.59 Å². The van der Waals surface area contributed by atoms with Gasteiger partial charge in [-0.2, -0.15) is 5.26 Å². The van der Waals surface area contributed by atoms with E-state index < -0.39 is 12.1 Å². The van der Waals surface area contributed by atoms with Gasteiger partial charge in [-0.1, -0.05) is 18.2 Å². The Labute approximate surface area is 133 Å². The highest BCUT2D eigenvalue weighted by atomic mass is 16.2. The van der Waals surface area contributed by atoms with Crippen molar-refractivity contribution >= 4 is 23.3 Å². The number of nitrogens with zero attached hydrogens (tertiary/aromatic N) is 2. The van der Waals surface area contributed by atoms with Crippen molar-refractivity contribution in [2.24, 2.45) is 0 Å². The van der Waals surface area contributed by atoms with Crippen LogP contribution in [-0.4, -0.2) is 24.5 Å². The highest BCUT2D eigenvalue weighted by molar-refractivity contribution is 6.06. The summed E-state index contributed by atoms with van der Waals surface area (Å²) < 4.78 is 0. The second kappa shape index (κ2) is 6.20. The molecule has 1 heterocycles. The number of amides is 3. The van der Waals surface area contributed by atoms with E-state index in [2.05, 4.69) is 10.6 Å². The molecule has 1 fully saturated rings. The molecule has 0 radical (unpaired) electrons. The van der Waals surface area contributed by atoms with Crippen molar-refractivity contribution in [1.82, 2.24) is 5.32 Å². The fourth-order valence-corrected chi connectivity index (χ4v) is 2.33. The van der Waals surface area contributed by atoms with Crippen LogP contribution >= 0.6 is 0 Å². The van der Waals surface area contributed by atoms with Gasteiger partial charge in [0.25, 0.3) is 5.91 Å². The number of β-lactam (4-membered cyclic amide) rings is 1. The van der Waals surface area contributed by atoms with Crippen LogP contribution < -0.4 is 15.5 Å². The van der Waals surface area contributed by atoms with Gasteiger partial charge in [-0.25, -0.2) is 4.79 Å². The van der Waals surface area contributed by atoms with Crippen molar-refractivity contribution in [3.8, 4) is 6.07 Å². The normalized spacial score (nSPS) is 16.2. The van der Waals surface area contributed by atoms with Crippen LogP contribution in [0.25, 0.3) is 0 Å². The van der Waals surface area contributed by atoms with E-state index in [1.54, 1.807) is 29.2 Å². The van der Waals surface area contributed by atoms with E-state index >= 15 is 0 Å². The van der Waals surface area contributed by atoms with Crippen molar-refractivity contribution in [2.45, 2.75) is 6.04 Å². The maximum atomic E-state index is 12.1. The summed E-state index contributed by atoms with van der Waals surface area (Å²) in [5.41, 5.74) is 1.90. The van der Waals surface area contributed by atoms with E-state index in [-0.39, 0.29) is 5.91 Å². The molecule has 23 heavy (non-hydrogen) atoms. The van der Waals surface area contributed by atoms with Gasteiger partial charge < -0.3 is 15.5 Å². The van der Waals surface area contributed by atoms with Gasteiger partial charge in [0, 0.05) is 11.4 Å². The number of para-hydroxylation sites is 1. The van der Waals surface area contributed by atoms with Gasteiger partial charge in [0.05, 0.1) is 18.2 Å². The van der Waals surface area contributed by atoms with Gasteiger partial charge in [-0.05, 0) is 36.4 Å². The Morgan fingerprint density at radius 3 is 2.43 bits per heavy atom. The van der Waals surface area contributed by atoms with Crippen LogP contribution in [0.5, 0.6) is 0 Å². The molecular weight excluding hydrogens is 292 g/mol. The zero-order valence-electron chi connectivity index (χ0n) is 12.2. The van der Waals surface area contributed by atoms with E-state index in [4.69, 9.17) is 5.26 Å². The molecule has 0 saturated carbocycles. The second-order valence-corrected chi connectivity index (χ2v) is 5.12. The molecule has 3 rings (SSSR count). The third-order valence-electron chi connectivity index (χ3n) is 3.57. The molecule has 1 aliphatic rings. The number of nitriles is 1.